The number of rotatable bonds is 7. The predicted octanol–water partition coefficient (Wildman–Crippen LogP) is 3.88. The maximum atomic E-state index is 11.1. The number of benzene rings is 2. The lowest BCUT2D eigenvalue weighted by Gasteiger charge is -2.12. The van der Waals surface area contributed by atoms with Crippen molar-refractivity contribution in [1.29, 1.82) is 0 Å². The van der Waals surface area contributed by atoms with Crippen molar-refractivity contribution in [1.82, 2.24) is 0 Å². The number of carboxylic acids is 1. The Morgan fingerprint density at radius 2 is 1.91 bits per heavy atom. The molecule has 0 aromatic heterocycles. The highest BCUT2D eigenvalue weighted by atomic mass is 16.5. The van der Waals surface area contributed by atoms with E-state index in [1.807, 2.05) is 25.1 Å². The smallest absolute Gasteiger partial charge is 0.337 e. The Kier molecular flexibility index (Phi) is 5.42. The number of carbonyl (C=O) groups is 1. The summed E-state index contributed by atoms with van der Waals surface area (Å²) in [4.78, 5) is 11.1. The van der Waals surface area contributed by atoms with E-state index in [1.165, 1.54) is 5.56 Å². The molecule has 0 atom stereocenters. The molecule has 4 heteroatoms. The van der Waals surface area contributed by atoms with Crippen molar-refractivity contribution in [2.75, 3.05) is 18.5 Å². The van der Waals surface area contributed by atoms with Crippen LogP contribution in [0.5, 0.6) is 5.75 Å². The lowest BCUT2D eigenvalue weighted by molar-refractivity contribution is 0.0698. The molecule has 0 aliphatic carbocycles. The molecule has 2 aromatic carbocycles. The van der Waals surface area contributed by atoms with Gasteiger partial charge >= 0.3 is 5.97 Å². The van der Waals surface area contributed by atoms with E-state index >= 15 is 0 Å². The highest BCUT2D eigenvalue weighted by molar-refractivity contribution is 5.94. The summed E-state index contributed by atoms with van der Waals surface area (Å²) in [5.74, 6) is -0.0133. The molecule has 2 N–H and O–H groups in total. The first kappa shape index (κ1) is 15.9. The number of aryl methyl sites for hydroxylation is 1. The number of ether oxygens (including phenoxy) is 1. The third kappa shape index (κ3) is 4.01. The minimum Gasteiger partial charge on any atom is -0.493 e. The van der Waals surface area contributed by atoms with Gasteiger partial charge in [-0.05, 0) is 49.6 Å². The van der Waals surface area contributed by atoms with Crippen molar-refractivity contribution >= 4 is 11.7 Å². The summed E-state index contributed by atoms with van der Waals surface area (Å²) in [6.45, 7) is 5.36. The fourth-order valence-electron chi connectivity index (χ4n) is 2.18. The van der Waals surface area contributed by atoms with E-state index in [-0.39, 0.29) is 5.56 Å². The van der Waals surface area contributed by atoms with Crippen LogP contribution in [0.25, 0.3) is 0 Å². The standard InChI is InChI=1S/C18H21NO3/c1-13-7-5-10-17(14(13)2)22-12-6-11-19-16-9-4-3-8-15(16)18(20)21/h3-5,7-10,19H,6,11-12H2,1-2H3,(H,20,21). The molecular weight excluding hydrogens is 278 g/mol. The maximum absolute atomic E-state index is 11.1. The van der Waals surface area contributed by atoms with Crippen molar-refractivity contribution in [2.45, 2.75) is 20.3 Å². The number of aromatic carboxylic acids is 1. The number of para-hydroxylation sites is 1. The van der Waals surface area contributed by atoms with E-state index in [0.717, 1.165) is 17.7 Å². The van der Waals surface area contributed by atoms with E-state index in [9.17, 15) is 4.79 Å². The zero-order valence-corrected chi connectivity index (χ0v) is 12.9. The summed E-state index contributed by atoms with van der Waals surface area (Å²) >= 11 is 0. The summed E-state index contributed by atoms with van der Waals surface area (Å²) in [5.41, 5.74) is 3.30. The van der Waals surface area contributed by atoms with E-state index in [4.69, 9.17) is 9.84 Å². The highest BCUT2D eigenvalue weighted by Gasteiger charge is 2.08. The zero-order chi connectivity index (χ0) is 15.9. The molecule has 0 spiro atoms. The topological polar surface area (TPSA) is 58.6 Å². The van der Waals surface area contributed by atoms with Gasteiger partial charge in [0.2, 0.25) is 0 Å². The van der Waals surface area contributed by atoms with Gasteiger partial charge in [-0.3, -0.25) is 0 Å². The van der Waals surface area contributed by atoms with E-state index < -0.39 is 5.97 Å². The second-order valence-corrected chi connectivity index (χ2v) is 5.18. The molecule has 0 unspecified atom stereocenters. The summed E-state index contributed by atoms with van der Waals surface area (Å²) < 4.78 is 5.78. The number of nitrogens with one attached hydrogen (secondary N) is 1. The molecule has 0 radical (unpaired) electrons. The van der Waals surface area contributed by atoms with Crippen molar-refractivity contribution in [3.8, 4) is 5.75 Å². The number of hydrogen-bond donors (Lipinski definition) is 2. The molecular formula is C18H21NO3. The lowest BCUT2D eigenvalue weighted by Crippen LogP contribution is -2.10. The first-order chi connectivity index (χ1) is 10.6. The van der Waals surface area contributed by atoms with Crippen LogP contribution in [0.15, 0.2) is 42.5 Å². The molecule has 0 aliphatic heterocycles. The molecule has 22 heavy (non-hydrogen) atoms. The van der Waals surface area contributed by atoms with E-state index in [2.05, 4.69) is 18.3 Å². The third-order valence-corrected chi connectivity index (χ3v) is 3.61. The minimum absolute atomic E-state index is 0.290. The van der Waals surface area contributed by atoms with Gasteiger partial charge in [-0.1, -0.05) is 24.3 Å². The van der Waals surface area contributed by atoms with Crippen molar-refractivity contribution < 1.29 is 14.6 Å². The van der Waals surface area contributed by atoms with Crippen LogP contribution in [0.3, 0.4) is 0 Å². The van der Waals surface area contributed by atoms with Crippen LogP contribution in [0, 0.1) is 13.8 Å². The number of anilines is 1. The monoisotopic (exact) mass is 299 g/mol. The van der Waals surface area contributed by atoms with Gasteiger partial charge in [0.15, 0.2) is 0 Å². The molecule has 116 valence electrons. The normalized spacial score (nSPS) is 10.3. The predicted molar refractivity (Wildman–Crippen MR) is 87.9 cm³/mol. The summed E-state index contributed by atoms with van der Waals surface area (Å²) in [6.07, 6.45) is 0.793. The maximum Gasteiger partial charge on any atom is 0.337 e. The van der Waals surface area contributed by atoms with Crippen LogP contribution in [-0.2, 0) is 0 Å². The van der Waals surface area contributed by atoms with Gasteiger partial charge in [-0.2, -0.15) is 0 Å². The Hall–Kier alpha value is -2.49. The second-order valence-electron chi connectivity index (χ2n) is 5.18. The molecule has 0 amide bonds. The molecule has 0 saturated carbocycles. The largest absolute Gasteiger partial charge is 0.493 e. The average molecular weight is 299 g/mol. The SMILES string of the molecule is Cc1cccc(OCCCNc2ccccc2C(=O)O)c1C. The Balaban J connectivity index is 1.81. The average Bonchev–Trinajstić information content (AvgIpc) is 2.51. The zero-order valence-electron chi connectivity index (χ0n) is 12.9. The Morgan fingerprint density at radius 1 is 1.14 bits per heavy atom. The molecule has 4 nitrogen and oxygen atoms in total. The van der Waals surface area contributed by atoms with Crippen molar-refractivity contribution in [3.05, 3.63) is 59.2 Å². The third-order valence-electron chi connectivity index (χ3n) is 3.61. The van der Waals surface area contributed by atoms with Crippen LogP contribution in [0.1, 0.15) is 27.9 Å². The molecule has 2 rings (SSSR count). The Labute approximate surface area is 130 Å². The van der Waals surface area contributed by atoms with Gasteiger partial charge in [0.1, 0.15) is 5.75 Å². The van der Waals surface area contributed by atoms with Gasteiger partial charge < -0.3 is 15.2 Å². The van der Waals surface area contributed by atoms with Crippen LogP contribution in [-0.4, -0.2) is 24.2 Å². The first-order valence-corrected chi connectivity index (χ1v) is 7.35. The first-order valence-electron chi connectivity index (χ1n) is 7.35. The number of carboxylic acid groups (broad SMARTS) is 1. The Bertz CT molecular complexity index is 653. The summed E-state index contributed by atoms with van der Waals surface area (Å²) in [7, 11) is 0. The summed E-state index contributed by atoms with van der Waals surface area (Å²) in [6, 6.07) is 12.9. The second kappa shape index (κ2) is 7.50. The van der Waals surface area contributed by atoms with Gasteiger partial charge in [0.05, 0.1) is 12.2 Å². The van der Waals surface area contributed by atoms with Gasteiger partial charge in [-0.15, -0.1) is 0 Å². The summed E-state index contributed by atoms with van der Waals surface area (Å²) in [5, 5.41) is 12.3. The molecule has 0 heterocycles. The van der Waals surface area contributed by atoms with Crippen molar-refractivity contribution in [2.24, 2.45) is 0 Å². The van der Waals surface area contributed by atoms with Crippen LogP contribution < -0.4 is 10.1 Å². The van der Waals surface area contributed by atoms with Crippen LogP contribution >= 0.6 is 0 Å². The lowest BCUT2D eigenvalue weighted by atomic mass is 10.1. The molecule has 0 aliphatic rings. The molecule has 2 aromatic rings. The molecule has 0 bridgehead atoms. The molecule has 0 saturated heterocycles. The van der Waals surface area contributed by atoms with Gasteiger partial charge in [0, 0.05) is 12.2 Å². The van der Waals surface area contributed by atoms with Crippen molar-refractivity contribution in [3.63, 3.8) is 0 Å². The fourth-order valence-corrected chi connectivity index (χ4v) is 2.18. The van der Waals surface area contributed by atoms with E-state index in [1.54, 1.807) is 18.2 Å². The van der Waals surface area contributed by atoms with E-state index in [0.29, 0.717) is 18.8 Å². The number of hydrogen-bond acceptors (Lipinski definition) is 3. The van der Waals surface area contributed by atoms with Crippen LogP contribution in [0.4, 0.5) is 5.69 Å². The highest BCUT2D eigenvalue weighted by Crippen LogP contribution is 2.20. The quantitative estimate of drug-likeness (QED) is 0.762. The Morgan fingerprint density at radius 3 is 2.68 bits per heavy atom. The van der Waals surface area contributed by atoms with Gasteiger partial charge in [0.25, 0.3) is 0 Å². The van der Waals surface area contributed by atoms with Crippen LogP contribution in [0.2, 0.25) is 0 Å². The minimum atomic E-state index is -0.922. The fraction of sp³-hybridized carbons (Fsp3) is 0.278. The van der Waals surface area contributed by atoms with Gasteiger partial charge in [-0.25, -0.2) is 4.79 Å². The molecule has 0 fully saturated rings.